The zero-order chi connectivity index (χ0) is 23.3. The van der Waals surface area contributed by atoms with E-state index in [0.717, 1.165) is 24.2 Å². The van der Waals surface area contributed by atoms with Gasteiger partial charge in [0, 0.05) is 23.1 Å². The van der Waals surface area contributed by atoms with Gasteiger partial charge in [-0.25, -0.2) is 0 Å². The van der Waals surface area contributed by atoms with E-state index in [0.29, 0.717) is 11.8 Å². The minimum atomic E-state index is 0. The van der Waals surface area contributed by atoms with Crippen molar-refractivity contribution in [2.45, 2.75) is 26.7 Å². The molecular formula is C30H33BrN2O. The number of nitrogens with one attached hydrogen (secondary N) is 1. The van der Waals surface area contributed by atoms with Crippen LogP contribution in [0.4, 0.5) is 11.4 Å². The van der Waals surface area contributed by atoms with Crippen molar-refractivity contribution in [2.24, 2.45) is 0 Å². The summed E-state index contributed by atoms with van der Waals surface area (Å²) in [5.41, 5.74) is 12.4. The highest BCUT2D eigenvalue weighted by molar-refractivity contribution is 9.09. The highest BCUT2D eigenvalue weighted by Crippen LogP contribution is 2.14. The van der Waals surface area contributed by atoms with Gasteiger partial charge in [-0.05, 0) is 59.4 Å². The average molecular weight is 518 g/mol. The van der Waals surface area contributed by atoms with E-state index < -0.39 is 0 Å². The number of alkyl halides is 1. The third kappa shape index (κ3) is 9.63. The van der Waals surface area contributed by atoms with Crippen LogP contribution in [-0.2, 0) is 17.6 Å². The van der Waals surface area contributed by atoms with Crippen LogP contribution in [0.25, 0.3) is 0 Å². The van der Waals surface area contributed by atoms with Crippen molar-refractivity contribution in [3.63, 3.8) is 0 Å². The molecule has 0 unspecified atom stereocenters. The van der Waals surface area contributed by atoms with Crippen LogP contribution in [0, 0.1) is 0 Å². The van der Waals surface area contributed by atoms with Crippen molar-refractivity contribution in [2.75, 3.05) is 16.4 Å². The summed E-state index contributed by atoms with van der Waals surface area (Å²) in [5, 5.41) is 3.55. The van der Waals surface area contributed by atoms with Gasteiger partial charge in [-0.2, -0.15) is 0 Å². The van der Waals surface area contributed by atoms with Crippen molar-refractivity contribution >= 4 is 33.2 Å². The second kappa shape index (κ2) is 14.7. The topological polar surface area (TPSA) is 55.1 Å². The Morgan fingerprint density at radius 2 is 1.06 bits per heavy atom. The van der Waals surface area contributed by atoms with Crippen LogP contribution >= 0.6 is 15.9 Å². The van der Waals surface area contributed by atoms with Crippen molar-refractivity contribution in [3.8, 4) is 0 Å². The molecule has 3 N–H and O–H groups in total. The average Bonchev–Trinajstić information content (AvgIpc) is 2.84. The van der Waals surface area contributed by atoms with Gasteiger partial charge in [-0.15, -0.1) is 0 Å². The van der Waals surface area contributed by atoms with Crippen LogP contribution in [0.5, 0.6) is 0 Å². The monoisotopic (exact) mass is 516 g/mol. The van der Waals surface area contributed by atoms with E-state index in [1.165, 1.54) is 22.3 Å². The lowest BCUT2D eigenvalue weighted by atomic mass is 10.0. The third-order valence-electron chi connectivity index (χ3n) is 5.04. The molecule has 4 aromatic carbocycles. The molecule has 0 saturated heterocycles. The van der Waals surface area contributed by atoms with Gasteiger partial charge in [-0.1, -0.05) is 108 Å². The predicted octanol–water partition coefficient (Wildman–Crippen LogP) is 7.50. The summed E-state index contributed by atoms with van der Waals surface area (Å²) < 4.78 is 0. The number of nitrogens with two attached hydrogens (primary N) is 1. The normalized spacial score (nSPS) is 9.79. The minimum absolute atomic E-state index is 0. The highest BCUT2D eigenvalue weighted by Gasteiger charge is 2.01. The predicted molar refractivity (Wildman–Crippen MR) is 150 cm³/mol. The third-order valence-corrected chi connectivity index (χ3v) is 5.44. The number of hydrogen-bond donors (Lipinski definition) is 2. The van der Waals surface area contributed by atoms with E-state index >= 15 is 0 Å². The van der Waals surface area contributed by atoms with E-state index in [4.69, 9.17) is 5.73 Å². The Kier molecular flexibility index (Phi) is 11.6. The van der Waals surface area contributed by atoms with E-state index in [1.54, 1.807) is 0 Å². The molecule has 0 aliphatic rings. The van der Waals surface area contributed by atoms with Crippen LogP contribution in [-0.4, -0.2) is 11.2 Å². The number of halogens is 1. The van der Waals surface area contributed by atoms with E-state index in [1.807, 2.05) is 48.5 Å². The maximum atomic E-state index is 11.4. The minimum Gasteiger partial charge on any atom is -0.399 e. The first-order valence-electron chi connectivity index (χ1n) is 11.0. The summed E-state index contributed by atoms with van der Waals surface area (Å²) in [6.07, 6.45) is 2.38. The maximum absolute atomic E-state index is 11.4. The summed E-state index contributed by atoms with van der Waals surface area (Å²) in [6.45, 7) is 0. The van der Waals surface area contributed by atoms with Crippen molar-refractivity contribution in [1.82, 2.24) is 0 Å². The van der Waals surface area contributed by atoms with Gasteiger partial charge >= 0.3 is 0 Å². The lowest BCUT2D eigenvalue weighted by Crippen LogP contribution is -2.11. The largest absolute Gasteiger partial charge is 0.399 e. The number of anilines is 2. The first-order valence-corrected chi connectivity index (χ1v) is 12.1. The summed E-state index contributed by atoms with van der Waals surface area (Å²) in [7, 11) is 0. The van der Waals surface area contributed by atoms with E-state index in [-0.39, 0.29) is 13.3 Å². The molecule has 176 valence electrons. The fourth-order valence-electron chi connectivity index (χ4n) is 3.31. The molecule has 0 atom stereocenters. The number of carbonyl (C=O) groups is 1. The summed E-state index contributed by atoms with van der Waals surface area (Å²) in [4.78, 5) is 11.4. The molecule has 0 fully saturated rings. The first kappa shape index (κ1) is 26.9. The fourth-order valence-corrected chi connectivity index (χ4v) is 3.67. The van der Waals surface area contributed by atoms with E-state index in [9.17, 15) is 4.79 Å². The molecule has 0 aliphatic heterocycles. The van der Waals surface area contributed by atoms with E-state index in [2.05, 4.69) is 81.9 Å². The molecule has 1 amide bonds. The lowest BCUT2D eigenvalue weighted by molar-refractivity contribution is -0.115. The number of hydrogen-bond acceptors (Lipinski definition) is 2. The second-order valence-electron chi connectivity index (χ2n) is 7.75. The molecule has 0 radical (unpaired) electrons. The Morgan fingerprint density at radius 3 is 1.50 bits per heavy atom. The summed E-state index contributed by atoms with van der Waals surface area (Å²) >= 11 is 3.25. The Labute approximate surface area is 212 Å². The smallest absolute Gasteiger partial charge is 0.225 e. The van der Waals surface area contributed by atoms with Gasteiger partial charge in [0.15, 0.2) is 0 Å². The van der Waals surface area contributed by atoms with Crippen LogP contribution in [0.2, 0.25) is 0 Å². The molecule has 0 saturated carbocycles. The molecule has 4 heteroatoms. The van der Waals surface area contributed by atoms with Crippen LogP contribution in [0.3, 0.4) is 0 Å². The molecule has 0 spiro atoms. The molecule has 0 aliphatic carbocycles. The van der Waals surface area contributed by atoms with Crippen molar-refractivity contribution < 1.29 is 4.79 Å². The van der Waals surface area contributed by atoms with Gasteiger partial charge in [0.05, 0.1) is 0 Å². The number of benzene rings is 4. The molecule has 34 heavy (non-hydrogen) atoms. The van der Waals surface area contributed by atoms with Gasteiger partial charge in [0.25, 0.3) is 0 Å². The van der Waals surface area contributed by atoms with Gasteiger partial charge in [0.2, 0.25) is 5.91 Å². The molecular weight excluding hydrogens is 484 g/mol. The molecule has 0 bridgehead atoms. The van der Waals surface area contributed by atoms with Crippen LogP contribution in [0.15, 0.2) is 109 Å². The number of amides is 1. The standard InChI is InChI=1S/C16H16BrNO.C13H13N.CH4/c17-11-10-16(19)18-15-8-6-14(7-9-15)12-13-4-2-1-3-5-13;14-13-8-6-12(7-9-13)10-11-4-2-1-3-5-11;/h1-9H,10-12H2,(H,18,19);1-9H,10,14H2;1H4. The van der Waals surface area contributed by atoms with Crippen molar-refractivity contribution in [1.29, 1.82) is 0 Å². The SMILES string of the molecule is C.Nc1ccc(Cc2ccccc2)cc1.O=C(CCBr)Nc1ccc(Cc2ccccc2)cc1. The Bertz CT molecular complexity index is 1100. The molecule has 3 nitrogen and oxygen atoms in total. The molecule has 4 aromatic rings. The Hall–Kier alpha value is -3.37. The first-order chi connectivity index (χ1) is 16.1. The zero-order valence-electron chi connectivity index (χ0n) is 18.6. The van der Waals surface area contributed by atoms with Crippen LogP contribution < -0.4 is 11.1 Å². The van der Waals surface area contributed by atoms with Crippen LogP contribution in [0.1, 0.15) is 36.1 Å². The zero-order valence-corrected chi connectivity index (χ0v) is 20.2. The Morgan fingerprint density at radius 1 is 0.647 bits per heavy atom. The summed E-state index contributed by atoms with van der Waals surface area (Å²) in [5.74, 6) is 0.0349. The maximum Gasteiger partial charge on any atom is 0.225 e. The van der Waals surface area contributed by atoms with Gasteiger partial charge in [0.1, 0.15) is 0 Å². The number of carbonyl (C=O) groups excluding carboxylic acids is 1. The molecule has 0 aromatic heterocycles. The number of rotatable bonds is 7. The highest BCUT2D eigenvalue weighted by atomic mass is 79.9. The van der Waals surface area contributed by atoms with Gasteiger partial charge in [-0.3, -0.25) is 4.79 Å². The summed E-state index contributed by atoms with van der Waals surface area (Å²) in [6, 6.07) is 36.8. The fraction of sp³-hybridized carbons (Fsp3) is 0.167. The quantitative estimate of drug-likeness (QED) is 0.197. The molecule has 0 heterocycles. The Balaban J connectivity index is 0.000000243. The second-order valence-corrected chi connectivity index (χ2v) is 8.54. The van der Waals surface area contributed by atoms with Crippen molar-refractivity contribution in [3.05, 3.63) is 131 Å². The van der Waals surface area contributed by atoms with Gasteiger partial charge < -0.3 is 11.1 Å². The lowest BCUT2D eigenvalue weighted by Gasteiger charge is -2.06. The molecule has 4 rings (SSSR count). The number of nitrogen functional groups attached to an aromatic ring is 1.